The summed E-state index contributed by atoms with van der Waals surface area (Å²) in [7, 11) is 0. The smallest absolute Gasteiger partial charge is 0.188 e. The van der Waals surface area contributed by atoms with Gasteiger partial charge in [0.25, 0.3) is 0 Å². The van der Waals surface area contributed by atoms with Crippen LogP contribution >= 0.6 is 24.0 Å². The maximum Gasteiger partial charge on any atom is 0.188 e. The standard InChI is InChI=1S/C15H32N4.HI/c1-12(2)19(13(3)4)10-6-9-17-15(16)18-11-14-7-5-8-14;/h12-14H,5-11H2,1-4H3,(H3,16,17,18);1H. The lowest BCUT2D eigenvalue weighted by Crippen LogP contribution is -2.40. The molecule has 1 aliphatic rings. The molecule has 0 amide bonds. The van der Waals surface area contributed by atoms with Crippen LogP contribution in [0.25, 0.3) is 0 Å². The van der Waals surface area contributed by atoms with Gasteiger partial charge in [0.1, 0.15) is 0 Å². The Morgan fingerprint density at radius 3 is 2.30 bits per heavy atom. The summed E-state index contributed by atoms with van der Waals surface area (Å²) in [6, 6.07) is 1.20. The van der Waals surface area contributed by atoms with E-state index >= 15 is 0 Å². The molecule has 0 aromatic carbocycles. The lowest BCUT2D eigenvalue weighted by molar-refractivity contribution is 0.173. The molecule has 1 saturated carbocycles. The van der Waals surface area contributed by atoms with Crippen LogP contribution in [0.5, 0.6) is 0 Å². The first-order valence-electron chi connectivity index (χ1n) is 7.80. The second kappa shape index (κ2) is 10.7. The fourth-order valence-corrected chi connectivity index (χ4v) is 2.55. The van der Waals surface area contributed by atoms with Gasteiger partial charge in [-0.1, -0.05) is 6.42 Å². The molecule has 0 aliphatic heterocycles. The predicted molar refractivity (Wildman–Crippen MR) is 98.8 cm³/mol. The van der Waals surface area contributed by atoms with Crippen molar-refractivity contribution in [3.05, 3.63) is 0 Å². The molecule has 3 N–H and O–H groups in total. The number of nitrogens with two attached hydrogens (primary N) is 1. The van der Waals surface area contributed by atoms with Crippen molar-refractivity contribution in [2.75, 3.05) is 19.6 Å². The molecule has 0 aromatic heterocycles. The molecule has 1 fully saturated rings. The topological polar surface area (TPSA) is 53.6 Å². The Morgan fingerprint density at radius 1 is 1.25 bits per heavy atom. The van der Waals surface area contributed by atoms with Gasteiger partial charge in [0.05, 0.1) is 0 Å². The number of nitrogens with zero attached hydrogens (tertiary/aromatic N) is 2. The number of hydrogen-bond donors (Lipinski definition) is 2. The highest BCUT2D eigenvalue weighted by Crippen LogP contribution is 2.26. The predicted octanol–water partition coefficient (Wildman–Crippen LogP) is 2.82. The van der Waals surface area contributed by atoms with Gasteiger partial charge in [0.2, 0.25) is 0 Å². The fourth-order valence-electron chi connectivity index (χ4n) is 2.55. The summed E-state index contributed by atoms with van der Waals surface area (Å²) in [5.74, 6) is 1.41. The van der Waals surface area contributed by atoms with Crippen molar-refractivity contribution in [1.82, 2.24) is 10.2 Å². The Hall–Kier alpha value is -0.0400. The van der Waals surface area contributed by atoms with Crippen LogP contribution in [0.3, 0.4) is 0 Å². The number of nitrogens with one attached hydrogen (secondary N) is 1. The van der Waals surface area contributed by atoms with Crippen molar-refractivity contribution < 1.29 is 0 Å². The Bertz CT molecular complexity index is 267. The second-order valence-electron chi connectivity index (χ2n) is 6.23. The van der Waals surface area contributed by atoms with Gasteiger partial charge >= 0.3 is 0 Å². The van der Waals surface area contributed by atoms with E-state index in [1.165, 1.54) is 19.3 Å². The summed E-state index contributed by atoms with van der Waals surface area (Å²) in [5, 5.41) is 3.22. The summed E-state index contributed by atoms with van der Waals surface area (Å²) in [6.45, 7) is 11.9. The van der Waals surface area contributed by atoms with Crippen molar-refractivity contribution >= 4 is 29.9 Å². The maximum absolute atomic E-state index is 5.86. The fraction of sp³-hybridized carbons (Fsp3) is 0.933. The van der Waals surface area contributed by atoms with Crippen LogP contribution in [-0.4, -0.2) is 42.6 Å². The molecule has 5 heteroatoms. The zero-order valence-corrected chi connectivity index (χ0v) is 15.9. The summed E-state index contributed by atoms with van der Waals surface area (Å²) in [6.07, 6.45) is 5.13. The van der Waals surface area contributed by atoms with Crippen molar-refractivity contribution in [2.24, 2.45) is 16.6 Å². The van der Waals surface area contributed by atoms with Crippen molar-refractivity contribution in [3.8, 4) is 0 Å². The number of rotatable bonds is 8. The van der Waals surface area contributed by atoms with Crippen molar-refractivity contribution in [1.29, 1.82) is 0 Å². The quantitative estimate of drug-likeness (QED) is 0.287. The molecule has 20 heavy (non-hydrogen) atoms. The average Bonchev–Trinajstić information content (AvgIpc) is 2.25. The largest absolute Gasteiger partial charge is 0.370 e. The first-order chi connectivity index (χ1) is 9.00. The van der Waals surface area contributed by atoms with E-state index in [4.69, 9.17) is 5.73 Å². The highest BCUT2D eigenvalue weighted by molar-refractivity contribution is 14.0. The van der Waals surface area contributed by atoms with Gasteiger partial charge in [-0.3, -0.25) is 9.89 Å². The number of halogens is 1. The third kappa shape index (κ3) is 7.67. The molecule has 0 saturated heterocycles. The van der Waals surface area contributed by atoms with E-state index in [0.29, 0.717) is 18.0 Å². The molecule has 0 spiro atoms. The summed E-state index contributed by atoms with van der Waals surface area (Å²) in [5.41, 5.74) is 5.86. The zero-order valence-electron chi connectivity index (χ0n) is 13.6. The minimum absolute atomic E-state index is 0. The average molecular weight is 396 g/mol. The molecule has 0 heterocycles. The highest BCUT2D eigenvalue weighted by Gasteiger charge is 2.16. The molecular weight excluding hydrogens is 363 g/mol. The maximum atomic E-state index is 5.86. The van der Waals surface area contributed by atoms with Gasteiger partial charge in [0.15, 0.2) is 5.96 Å². The van der Waals surface area contributed by atoms with Crippen LogP contribution in [0.2, 0.25) is 0 Å². The van der Waals surface area contributed by atoms with Gasteiger partial charge in [-0.2, -0.15) is 0 Å². The lowest BCUT2D eigenvalue weighted by Gasteiger charge is -2.30. The van der Waals surface area contributed by atoms with E-state index in [9.17, 15) is 0 Å². The van der Waals surface area contributed by atoms with E-state index in [2.05, 4.69) is 42.9 Å². The van der Waals surface area contributed by atoms with Crippen LogP contribution < -0.4 is 11.1 Å². The Balaban J connectivity index is 0.00000361. The van der Waals surface area contributed by atoms with Crippen LogP contribution in [0.15, 0.2) is 4.99 Å². The second-order valence-corrected chi connectivity index (χ2v) is 6.23. The first kappa shape index (κ1) is 20.0. The van der Waals surface area contributed by atoms with E-state index in [1.54, 1.807) is 0 Å². The molecule has 1 aliphatic carbocycles. The lowest BCUT2D eigenvalue weighted by atomic mass is 9.86. The molecule has 120 valence electrons. The molecule has 0 atom stereocenters. The van der Waals surface area contributed by atoms with Crippen LogP contribution in [0, 0.1) is 5.92 Å². The molecule has 0 bridgehead atoms. The van der Waals surface area contributed by atoms with E-state index in [1.807, 2.05) is 0 Å². The zero-order chi connectivity index (χ0) is 14.3. The molecule has 4 nitrogen and oxygen atoms in total. The third-order valence-corrected chi connectivity index (χ3v) is 3.97. The van der Waals surface area contributed by atoms with Gasteiger partial charge < -0.3 is 11.1 Å². The summed E-state index contributed by atoms with van der Waals surface area (Å²) in [4.78, 5) is 6.91. The van der Waals surface area contributed by atoms with Crippen LogP contribution in [0.4, 0.5) is 0 Å². The minimum Gasteiger partial charge on any atom is -0.370 e. The molecule has 0 radical (unpaired) electrons. The van der Waals surface area contributed by atoms with Gasteiger partial charge in [-0.05, 0) is 52.9 Å². The number of guanidine groups is 1. The highest BCUT2D eigenvalue weighted by atomic mass is 127. The Kier molecular flexibility index (Phi) is 10.6. The summed E-state index contributed by atoms with van der Waals surface area (Å²) < 4.78 is 0. The van der Waals surface area contributed by atoms with E-state index < -0.39 is 0 Å². The molecule has 0 aromatic rings. The SMILES string of the molecule is CC(C)N(CCCNC(N)=NCC1CCC1)C(C)C.I. The normalized spacial score (nSPS) is 16.4. The van der Waals surface area contributed by atoms with E-state index in [0.717, 1.165) is 32.0 Å². The van der Waals surface area contributed by atoms with Gasteiger partial charge in [-0.25, -0.2) is 0 Å². The van der Waals surface area contributed by atoms with Gasteiger partial charge in [-0.15, -0.1) is 24.0 Å². The van der Waals surface area contributed by atoms with Crippen molar-refractivity contribution in [2.45, 2.75) is 65.5 Å². The Morgan fingerprint density at radius 2 is 1.85 bits per heavy atom. The molecular formula is C15H33IN4. The number of hydrogen-bond acceptors (Lipinski definition) is 2. The van der Waals surface area contributed by atoms with Crippen molar-refractivity contribution in [3.63, 3.8) is 0 Å². The summed E-state index contributed by atoms with van der Waals surface area (Å²) >= 11 is 0. The van der Waals surface area contributed by atoms with Gasteiger partial charge in [0, 0.05) is 31.7 Å². The van der Waals surface area contributed by atoms with E-state index in [-0.39, 0.29) is 24.0 Å². The monoisotopic (exact) mass is 396 g/mol. The minimum atomic E-state index is 0. The molecule has 1 rings (SSSR count). The van der Waals surface area contributed by atoms with Crippen LogP contribution in [-0.2, 0) is 0 Å². The van der Waals surface area contributed by atoms with Crippen LogP contribution in [0.1, 0.15) is 53.4 Å². The number of aliphatic imine (C=N–C) groups is 1. The third-order valence-electron chi connectivity index (χ3n) is 3.97. The Labute approximate surface area is 142 Å². The molecule has 0 unspecified atom stereocenters. The first-order valence-corrected chi connectivity index (χ1v) is 7.80.